The minimum Gasteiger partial charge on any atom is -0.334 e. The van der Waals surface area contributed by atoms with E-state index in [1.165, 1.54) is 0 Å². The van der Waals surface area contributed by atoms with Crippen LogP contribution in [0.1, 0.15) is 20.3 Å². The lowest BCUT2D eigenvalue weighted by Gasteiger charge is -2.37. The second-order valence-electron chi connectivity index (χ2n) is 6.25. The van der Waals surface area contributed by atoms with Gasteiger partial charge in [-0.25, -0.2) is 0 Å². The lowest BCUT2D eigenvalue weighted by molar-refractivity contribution is -0.154. The molecular weight excluding hydrogens is 242 g/mol. The van der Waals surface area contributed by atoms with Gasteiger partial charge in [-0.3, -0.25) is 9.59 Å². The monoisotopic (exact) mass is 267 g/mol. The van der Waals surface area contributed by atoms with Gasteiger partial charge in [0.15, 0.2) is 0 Å². The maximum Gasteiger partial charge on any atom is 0.312 e. The molecule has 2 aliphatic rings. The first kappa shape index (κ1) is 14.3. The number of amides is 2. The molecule has 2 atom stereocenters. The average molecular weight is 267 g/mol. The first-order valence-electron chi connectivity index (χ1n) is 7.24. The van der Waals surface area contributed by atoms with Crippen LogP contribution in [0, 0.1) is 11.8 Å². The van der Waals surface area contributed by atoms with Crippen LogP contribution in [0.2, 0.25) is 0 Å². The van der Waals surface area contributed by atoms with Crippen LogP contribution in [0.5, 0.6) is 0 Å². The van der Waals surface area contributed by atoms with Crippen molar-refractivity contribution in [3.63, 3.8) is 0 Å². The Hall–Kier alpha value is -1.10. The first-order chi connectivity index (χ1) is 8.97. The van der Waals surface area contributed by atoms with Crippen LogP contribution >= 0.6 is 0 Å². The largest absolute Gasteiger partial charge is 0.334 e. The first-order valence-corrected chi connectivity index (χ1v) is 7.24. The fourth-order valence-electron chi connectivity index (χ4n) is 3.11. The van der Waals surface area contributed by atoms with Gasteiger partial charge >= 0.3 is 11.8 Å². The highest BCUT2D eigenvalue weighted by Gasteiger charge is 2.32. The third-order valence-electron chi connectivity index (χ3n) is 4.13. The van der Waals surface area contributed by atoms with Crippen molar-refractivity contribution in [1.29, 1.82) is 0 Å². The van der Waals surface area contributed by atoms with Gasteiger partial charge in [-0.15, -0.1) is 0 Å². The maximum absolute atomic E-state index is 12.3. The SMILES string of the molecule is CC1CC(C)CN(C(=O)C(=O)N2CCN(C)CC2)C1. The van der Waals surface area contributed by atoms with Crippen molar-refractivity contribution in [3.8, 4) is 0 Å². The van der Waals surface area contributed by atoms with Crippen molar-refractivity contribution in [2.75, 3.05) is 46.3 Å². The van der Waals surface area contributed by atoms with E-state index in [0.29, 0.717) is 24.9 Å². The highest BCUT2D eigenvalue weighted by Crippen LogP contribution is 2.21. The van der Waals surface area contributed by atoms with E-state index in [0.717, 1.165) is 32.6 Å². The molecule has 0 aromatic heterocycles. The summed E-state index contributed by atoms with van der Waals surface area (Å²) in [7, 11) is 2.04. The number of hydrogen-bond acceptors (Lipinski definition) is 3. The van der Waals surface area contributed by atoms with Gasteiger partial charge in [-0.2, -0.15) is 0 Å². The molecule has 2 saturated heterocycles. The molecule has 2 aliphatic heterocycles. The van der Waals surface area contributed by atoms with Crippen LogP contribution in [0.3, 0.4) is 0 Å². The molecule has 108 valence electrons. The highest BCUT2D eigenvalue weighted by atomic mass is 16.2. The number of likely N-dealkylation sites (N-methyl/N-ethyl adjacent to an activating group) is 1. The summed E-state index contributed by atoms with van der Waals surface area (Å²) in [5.41, 5.74) is 0. The molecule has 0 radical (unpaired) electrons. The smallest absolute Gasteiger partial charge is 0.312 e. The Morgan fingerprint density at radius 3 is 1.84 bits per heavy atom. The van der Waals surface area contributed by atoms with Gasteiger partial charge in [0.25, 0.3) is 0 Å². The zero-order valence-electron chi connectivity index (χ0n) is 12.3. The molecule has 2 rings (SSSR count). The summed E-state index contributed by atoms with van der Waals surface area (Å²) < 4.78 is 0. The Kier molecular flexibility index (Phi) is 4.45. The Morgan fingerprint density at radius 2 is 1.32 bits per heavy atom. The van der Waals surface area contributed by atoms with Crippen molar-refractivity contribution < 1.29 is 9.59 Å². The van der Waals surface area contributed by atoms with Gasteiger partial charge in [-0.05, 0) is 25.3 Å². The number of carbonyl (C=O) groups excluding carboxylic acids is 2. The molecule has 2 unspecified atom stereocenters. The van der Waals surface area contributed by atoms with E-state index in [1.54, 1.807) is 9.80 Å². The Bertz CT molecular complexity index is 341. The lowest BCUT2D eigenvalue weighted by Crippen LogP contribution is -2.54. The van der Waals surface area contributed by atoms with Gasteiger partial charge in [0.1, 0.15) is 0 Å². The molecule has 19 heavy (non-hydrogen) atoms. The Balaban J connectivity index is 1.93. The topological polar surface area (TPSA) is 43.9 Å². The van der Waals surface area contributed by atoms with E-state index in [2.05, 4.69) is 18.7 Å². The summed E-state index contributed by atoms with van der Waals surface area (Å²) in [6, 6.07) is 0. The third-order valence-corrected chi connectivity index (χ3v) is 4.13. The van der Waals surface area contributed by atoms with Crippen LogP contribution in [0.25, 0.3) is 0 Å². The van der Waals surface area contributed by atoms with Gasteiger partial charge in [0, 0.05) is 39.3 Å². The second kappa shape index (κ2) is 5.90. The number of hydrogen-bond donors (Lipinski definition) is 0. The third kappa shape index (κ3) is 3.47. The van der Waals surface area contributed by atoms with Gasteiger partial charge < -0.3 is 14.7 Å². The molecular formula is C14H25N3O2. The van der Waals surface area contributed by atoms with E-state index in [1.807, 2.05) is 7.05 Å². The van der Waals surface area contributed by atoms with Crippen LogP contribution in [-0.2, 0) is 9.59 Å². The van der Waals surface area contributed by atoms with Crippen LogP contribution in [0.4, 0.5) is 0 Å². The molecule has 0 bridgehead atoms. The van der Waals surface area contributed by atoms with E-state index < -0.39 is 0 Å². The fourth-order valence-corrected chi connectivity index (χ4v) is 3.11. The van der Waals surface area contributed by atoms with Gasteiger partial charge in [0.2, 0.25) is 0 Å². The Labute approximate surface area is 115 Å². The molecule has 0 saturated carbocycles. The lowest BCUT2D eigenvalue weighted by atomic mass is 9.92. The van der Waals surface area contributed by atoms with Crippen LogP contribution < -0.4 is 0 Å². The standard InChI is InChI=1S/C14H25N3O2/c1-11-8-12(2)10-17(9-11)14(19)13(18)16-6-4-15(3)5-7-16/h11-12H,4-10H2,1-3H3. The second-order valence-corrected chi connectivity index (χ2v) is 6.25. The molecule has 2 amide bonds. The van der Waals surface area contributed by atoms with E-state index in [9.17, 15) is 9.59 Å². The van der Waals surface area contributed by atoms with E-state index in [-0.39, 0.29) is 11.8 Å². The molecule has 2 fully saturated rings. The molecule has 2 heterocycles. The maximum atomic E-state index is 12.3. The number of piperidine rings is 1. The Morgan fingerprint density at radius 1 is 0.842 bits per heavy atom. The van der Waals surface area contributed by atoms with E-state index in [4.69, 9.17) is 0 Å². The predicted molar refractivity (Wildman–Crippen MR) is 73.6 cm³/mol. The van der Waals surface area contributed by atoms with Crippen molar-refractivity contribution in [2.24, 2.45) is 11.8 Å². The molecule has 0 aromatic rings. The van der Waals surface area contributed by atoms with Gasteiger partial charge in [0.05, 0.1) is 0 Å². The average Bonchev–Trinajstić information content (AvgIpc) is 2.37. The number of carbonyl (C=O) groups is 2. The number of likely N-dealkylation sites (tertiary alicyclic amines) is 1. The van der Waals surface area contributed by atoms with Gasteiger partial charge in [-0.1, -0.05) is 13.8 Å². The minimum absolute atomic E-state index is 0.303. The van der Waals surface area contributed by atoms with Crippen molar-refractivity contribution in [1.82, 2.24) is 14.7 Å². The zero-order valence-corrected chi connectivity index (χ0v) is 12.3. The molecule has 5 heteroatoms. The van der Waals surface area contributed by atoms with Crippen molar-refractivity contribution in [2.45, 2.75) is 20.3 Å². The molecule has 0 N–H and O–H groups in total. The van der Waals surface area contributed by atoms with Crippen LogP contribution in [-0.4, -0.2) is 72.8 Å². The van der Waals surface area contributed by atoms with E-state index >= 15 is 0 Å². The zero-order chi connectivity index (χ0) is 14.0. The summed E-state index contributed by atoms with van der Waals surface area (Å²) in [6.45, 7) is 8.79. The van der Waals surface area contributed by atoms with Crippen molar-refractivity contribution >= 4 is 11.8 Å². The number of piperazine rings is 1. The molecule has 0 aromatic carbocycles. The quantitative estimate of drug-likeness (QED) is 0.592. The number of rotatable bonds is 0. The predicted octanol–water partition coefficient (Wildman–Crippen LogP) is 0.265. The normalized spacial score (nSPS) is 29.4. The highest BCUT2D eigenvalue weighted by molar-refractivity contribution is 6.34. The summed E-state index contributed by atoms with van der Waals surface area (Å²) in [5, 5.41) is 0. The van der Waals surface area contributed by atoms with Crippen LogP contribution in [0.15, 0.2) is 0 Å². The minimum atomic E-state index is -0.311. The molecule has 0 spiro atoms. The summed E-state index contributed by atoms with van der Waals surface area (Å²) in [4.78, 5) is 30.2. The summed E-state index contributed by atoms with van der Waals surface area (Å²) >= 11 is 0. The fraction of sp³-hybridized carbons (Fsp3) is 0.857. The summed E-state index contributed by atoms with van der Waals surface area (Å²) in [6.07, 6.45) is 1.15. The van der Waals surface area contributed by atoms with Crippen molar-refractivity contribution in [3.05, 3.63) is 0 Å². The molecule has 0 aliphatic carbocycles. The molecule has 5 nitrogen and oxygen atoms in total. The summed E-state index contributed by atoms with van der Waals surface area (Å²) in [5.74, 6) is 0.373. The number of nitrogens with zero attached hydrogens (tertiary/aromatic N) is 3.